The molecule has 23 heavy (non-hydrogen) atoms. The zero-order valence-corrected chi connectivity index (χ0v) is 16.8. The van der Waals surface area contributed by atoms with Crippen LogP contribution in [-0.2, 0) is 11.3 Å². The molecular formula is C16H28IN3O3. The Morgan fingerprint density at radius 3 is 2.57 bits per heavy atom. The third-order valence-electron chi connectivity index (χ3n) is 3.01. The Hall–Kier alpha value is -1.22. The monoisotopic (exact) mass is 437 g/mol. The summed E-state index contributed by atoms with van der Waals surface area (Å²) < 4.78 is 16.0. The number of nitrogens with zero attached hydrogens (tertiary/aromatic N) is 1. The molecule has 1 aromatic carbocycles. The van der Waals surface area contributed by atoms with Crippen molar-refractivity contribution in [1.82, 2.24) is 10.6 Å². The van der Waals surface area contributed by atoms with Crippen LogP contribution >= 0.6 is 24.0 Å². The maximum atomic E-state index is 5.51. The fraction of sp³-hybridized carbons (Fsp3) is 0.562. The highest BCUT2D eigenvalue weighted by atomic mass is 127. The lowest BCUT2D eigenvalue weighted by Crippen LogP contribution is -2.43. The first-order valence-corrected chi connectivity index (χ1v) is 7.40. The van der Waals surface area contributed by atoms with Crippen LogP contribution in [0.25, 0.3) is 0 Å². The van der Waals surface area contributed by atoms with E-state index in [-0.39, 0.29) is 30.0 Å². The van der Waals surface area contributed by atoms with Gasteiger partial charge in [-0.2, -0.15) is 0 Å². The van der Waals surface area contributed by atoms with Gasteiger partial charge in [-0.25, -0.2) is 0 Å². The number of halogens is 1. The Labute approximate surface area is 156 Å². The quantitative estimate of drug-likeness (QED) is 0.372. The van der Waals surface area contributed by atoms with Crippen LogP contribution in [0.2, 0.25) is 0 Å². The maximum Gasteiger partial charge on any atom is 0.191 e. The van der Waals surface area contributed by atoms with Crippen LogP contribution in [0.15, 0.2) is 23.2 Å². The van der Waals surface area contributed by atoms with E-state index in [9.17, 15) is 0 Å². The minimum Gasteiger partial charge on any atom is -0.493 e. The van der Waals surface area contributed by atoms with E-state index >= 15 is 0 Å². The number of guanidine groups is 1. The molecule has 1 rings (SSSR count). The molecule has 0 saturated heterocycles. The lowest BCUT2D eigenvalue weighted by molar-refractivity contribution is 0.179. The molecule has 0 fully saturated rings. The van der Waals surface area contributed by atoms with Gasteiger partial charge in [-0.3, -0.25) is 4.99 Å². The molecule has 1 atom stereocenters. The summed E-state index contributed by atoms with van der Waals surface area (Å²) in [5.74, 6) is 2.22. The van der Waals surface area contributed by atoms with Crippen molar-refractivity contribution >= 4 is 29.9 Å². The Morgan fingerprint density at radius 2 is 2.00 bits per heavy atom. The van der Waals surface area contributed by atoms with Gasteiger partial charge in [-0.15, -0.1) is 24.0 Å². The predicted molar refractivity (Wildman–Crippen MR) is 104 cm³/mol. The van der Waals surface area contributed by atoms with Gasteiger partial charge in [0.15, 0.2) is 17.5 Å². The van der Waals surface area contributed by atoms with E-state index in [0.29, 0.717) is 19.8 Å². The van der Waals surface area contributed by atoms with Crippen molar-refractivity contribution in [3.63, 3.8) is 0 Å². The van der Waals surface area contributed by atoms with Crippen molar-refractivity contribution in [2.24, 2.45) is 4.99 Å². The van der Waals surface area contributed by atoms with E-state index in [1.54, 1.807) is 21.3 Å². The molecule has 132 valence electrons. The minimum atomic E-state index is 0. The number of ether oxygens (including phenoxy) is 3. The second-order valence-corrected chi connectivity index (χ2v) is 4.84. The summed E-state index contributed by atoms with van der Waals surface area (Å²) in [7, 11) is 5.07. The highest BCUT2D eigenvalue weighted by Crippen LogP contribution is 2.27. The summed E-state index contributed by atoms with van der Waals surface area (Å²) in [5, 5.41) is 6.52. The maximum absolute atomic E-state index is 5.51. The second kappa shape index (κ2) is 12.2. The Bertz CT molecular complexity index is 484. The summed E-state index contributed by atoms with van der Waals surface area (Å²) >= 11 is 0. The van der Waals surface area contributed by atoms with Crippen LogP contribution in [0, 0.1) is 0 Å². The molecule has 2 N–H and O–H groups in total. The first kappa shape index (κ1) is 21.8. The van der Waals surface area contributed by atoms with E-state index in [0.717, 1.165) is 23.0 Å². The number of hydrogen-bond acceptors (Lipinski definition) is 4. The molecule has 0 aliphatic rings. The first-order chi connectivity index (χ1) is 10.6. The van der Waals surface area contributed by atoms with Crippen molar-refractivity contribution in [3.05, 3.63) is 23.8 Å². The summed E-state index contributed by atoms with van der Waals surface area (Å²) in [6.45, 7) is 5.86. The van der Waals surface area contributed by atoms with E-state index in [2.05, 4.69) is 15.6 Å². The number of hydrogen-bond donors (Lipinski definition) is 2. The smallest absolute Gasteiger partial charge is 0.191 e. The van der Waals surface area contributed by atoms with E-state index in [1.807, 2.05) is 32.0 Å². The van der Waals surface area contributed by atoms with Crippen LogP contribution < -0.4 is 20.1 Å². The molecule has 0 spiro atoms. The van der Waals surface area contributed by atoms with Crippen molar-refractivity contribution in [2.75, 3.05) is 34.5 Å². The van der Waals surface area contributed by atoms with Gasteiger partial charge in [0.25, 0.3) is 0 Å². The molecule has 0 amide bonds. The van der Waals surface area contributed by atoms with E-state index in [4.69, 9.17) is 14.2 Å². The van der Waals surface area contributed by atoms with Gasteiger partial charge in [0, 0.05) is 26.7 Å². The summed E-state index contributed by atoms with van der Waals surface area (Å²) in [5.41, 5.74) is 1.09. The predicted octanol–water partition coefficient (Wildman–Crippen LogP) is 2.41. The summed E-state index contributed by atoms with van der Waals surface area (Å²) in [4.78, 5) is 4.20. The molecule has 1 unspecified atom stereocenters. The van der Waals surface area contributed by atoms with Crippen molar-refractivity contribution < 1.29 is 14.2 Å². The topological polar surface area (TPSA) is 64.1 Å². The highest BCUT2D eigenvalue weighted by molar-refractivity contribution is 14.0. The fourth-order valence-corrected chi connectivity index (χ4v) is 2.00. The van der Waals surface area contributed by atoms with Crippen molar-refractivity contribution in [3.8, 4) is 11.5 Å². The van der Waals surface area contributed by atoms with Gasteiger partial charge in [0.05, 0.1) is 20.3 Å². The Kier molecular flexibility index (Phi) is 11.6. The van der Waals surface area contributed by atoms with Gasteiger partial charge in [-0.1, -0.05) is 6.07 Å². The zero-order valence-electron chi connectivity index (χ0n) is 14.5. The molecule has 0 aromatic heterocycles. The largest absolute Gasteiger partial charge is 0.493 e. The standard InChI is InChI=1S/C16H27N3O3.HI/c1-6-22-14-8-7-13(9-15(14)21-5)10-18-16(17-3)19-12(2)11-20-4;/h7-9,12H,6,10-11H2,1-5H3,(H2,17,18,19);1H. The molecule has 0 aliphatic carbocycles. The molecule has 0 saturated carbocycles. The van der Waals surface area contributed by atoms with Crippen LogP contribution in [0.4, 0.5) is 0 Å². The number of aliphatic imine (C=N–C) groups is 1. The van der Waals surface area contributed by atoms with E-state index in [1.165, 1.54) is 0 Å². The van der Waals surface area contributed by atoms with Crippen LogP contribution in [0.1, 0.15) is 19.4 Å². The van der Waals surface area contributed by atoms with Gasteiger partial charge in [0.1, 0.15) is 0 Å². The third kappa shape index (κ3) is 7.74. The molecule has 0 radical (unpaired) electrons. The SMILES string of the molecule is CCOc1ccc(CNC(=NC)NC(C)COC)cc1OC.I. The summed E-state index contributed by atoms with van der Waals surface area (Å²) in [6.07, 6.45) is 0. The van der Waals surface area contributed by atoms with E-state index < -0.39 is 0 Å². The fourth-order valence-electron chi connectivity index (χ4n) is 2.00. The summed E-state index contributed by atoms with van der Waals surface area (Å²) in [6, 6.07) is 6.07. The molecule has 0 heterocycles. The minimum absolute atomic E-state index is 0. The molecule has 6 nitrogen and oxygen atoms in total. The van der Waals surface area contributed by atoms with Gasteiger partial charge in [-0.05, 0) is 31.5 Å². The average Bonchev–Trinajstić information content (AvgIpc) is 2.52. The Balaban J connectivity index is 0.00000484. The van der Waals surface area contributed by atoms with Crippen LogP contribution in [0.3, 0.4) is 0 Å². The van der Waals surface area contributed by atoms with Crippen molar-refractivity contribution in [1.29, 1.82) is 0 Å². The molecule has 1 aromatic rings. The lowest BCUT2D eigenvalue weighted by Gasteiger charge is -2.17. The number of nitrogens with one attached hydrogen (secondary N) is 2. The Morgan fingerprint density at radius 1 is 1.26 bits per heavy atom. The second-order valence-electron chi connectivity index (χ2n) is 4.84. The third-order valence-corrected chi connectivity index (χ3v) is 3.01. The number of methoxy groups -OCH3 is 2. The first-order valence-electron chi connectivity index (χ1n) is 7.40. The molecule has 0 aliphatic heterocycles. The normalized spacial score (nSPS) is 12.1. The van der Waals surface area contributed by atoms with Gasteiger partial charge in [0.2, 0.25) is 0 Å². The molecular weight excluding hydrogens is 409 g/mol. The number of benzene rings is 1. The van der Waals surface area contributed by atoms with Gasteiger partial charge >= 0.3 is 0 Å². The molecule has 0 bridgehead atoms. The van der Waals surface area contributed by atoms with Crippen LogP contribution in [0.5, 0.6) is 11.5 Å². The van der Waals surface area contributed by atoms with Gasteiger partial charge < -0.3 is 24.8 Å². The number of rotatable bonds is 8. The zero-order chi connectivity index (χ0) is 16.4. The van der Waals surface area contributed by atoms with Crippen LogP contribution in [-0.4, -0.2) is 46.5 Å². The average molecular weight is 437 g/mol. The lowest BCUT2D eigenvalue weighted by atomic mass is 10.2. The van der Waals surface area contributed by atoms with Crippen molar-refractivity contribution in [2.45, 2.75) is 26.4 Å². The molecule has 7 heteroatoms. The highest BCUT2D eigenvalue weighted by Gasteiger charge is 2.07.